The molecule has 0 atom stereocenters. The van der Waals surface area contributed by atoms with E-state index >= 15 is 0 Å². The molecule has 1 fully saturated rings. The summed E-state index contributed by atoms with van der Waals surface area (Å²) in [6.45, 7) is 6.00. The monoisotopic (exact) mass is 808 g/mol. The Labute approximate surface area is 292 Å². The van der Waals surface area contributed by atoms with Crippen LogP contribution in [0.1, 0.15) is 48.8 Å². The lowest BCUT2D eigenvalue weighted by Crippen LogP contribution is -2.51. The number of halogens is 3. The van der Waals surface area contributed by atoms with Gasteiger partial charge in [-0.3, -0.25) is 4.79 Å². The van der Waals surface area contributed by atoms with E-state index in [1.54, 1.807) is 0 Å². The molecule has 10 heteroatoms. The molecule has 3 aromatic rings. The second-order valence-electron chi connectivity index (χ2n) is 12.3. The van der Waals surface area contributed by atoms with Crippen molar-refractivity contribution in [1.29, 1.82) is 0 Å². The zero-order chi connectivity index (χ0) is 32.1. The molecule has 0 N–H and O–H groups in total. The predicted molar refractivity (Wildman–Crippen MR) is 186 cm³/mol. The number of carbonyl (C=O) groups is 2. The molecule has 4 rings (SSSR count). The van der Waals surface area contributed by atoms with Gasteiger partial charge in [0.25, 0.3) is 0 Å². The van der Waals surface area contributed by atoms with Crippen molar-refractivity contribution in [1.82, 2.24) is 0 Å². The first-order valence-electron chi connectivity index (χ1n) is 15.5. The molecule has 0 aliphatic carbocycles. The molecule has 0 aromatic heterocycles. The van der Waals surface area contributed by atoms with E-state index in [9.17, 15) is 9.59 Å². The van der Waals surface area contributed by atoms with E-state index < -0.39 is 12.9 Å². The van der Waals surface area contributed by atoms with Gasteiger partial charge < -0.3 is 23.2 Å². The molecule has 3 aromatic carbocycles. The Bertz CT molecular complexity index is 1310. The second kappa shape index (κ2) is 17.6. The molecule has 7 nitrogen and oxygen atoms in total. The van der Waals surface area contributed by atoms with Crippen molar-refractivity contribution >= 4 is 59.9 Å². The van der Waals surface area contributed by atoms with E-state index in [0.717, 1.165) is 63.6 Å². The normalized spacial score (nSPS) is 14.5. The molecule has 0 spiro atoms. The Kier molecular flexibility index (Phi) is 13.9. The lowest BCUT2D eigenvalue weighted by Gasteiger charge is -2.42. The Morgan fingerprint density at radius 1 is 0.711 bits per heavy atom. The van der Waals surface area contributed by atoms with E-state index in [1.807, 2.05) is 24.3 Å². The molecule has 1 aliphatic heterocycles. The number of likely N-dealkylation sites (tertiary alicyclic amines) is 1. The first-order chi connectivity index (χ1) is 21.6. The minimum absolute atomic E-state index is 0.175. The van der Waals surface area contributed by atoms with Crippen LogP contribution in [0, 0.1) is 0 Å². The van der Waals surface area contributed by atoms with Crippen LogP contribution < -0.4 is 0 Å². The van der Waals surface area contributed by atoms with E-state index in [0.29, 0.717) is 17.4 Å². The molecule has 242 valence electrons. The van der Waals surface area contributed by atoms with Gasteiger partial charge in [0.05, 0.1) is 33.1 Å². The van der Waals surface area contributed by atoms with E-state index in [1.165, 1.54) is 36.0 Å². The SMILES string of the molecule is C[N+](CCOC(=O)OCOC(=O)CCC[N+]1(Cc2ccc(Br)cc2)CCCCC1)(Cc1ccc(Br)cc1)Cc1ccc(Br)cc1. The molecule has 45 heavy (non-hydrogen) atoms. The van der Waals surface area contributed by atoms with Crippen LogP contribution >= 0.6 is 47.8 Å². The lowest BCUT2D eigenvalue weighted by molar-refractivity contribution is -0.945. The Hall–Kier alpha value is -2.24. The van der Waals surface area contributed by atoms with Gasteiger partial charge in [-0.05, 0) is 55.7 Å². The molecule has 1 saturated heterocycles. The van der Waals surface area contributed by atoms with Gasteiger partial charge in [-0.25, -0.2) is 4.79 Å². The summed E-state index contributed by atoms with van der Waals surface area (Å²) in [6.07, 6.45) is 3.87. The van der Waals surface area contributed by atoms with Crippen LogP contribution in [-0.4, -0.2) is 67.7 Å². The maximum Gasteiger partial charge on any atom is 0.511 e. The highest BCUT2D eigenvalue weighted by Crippen LogP contribution is 2.25. The predicted octanol–water partition coefficient (Wildman–Crippen LogP) is 8.76. The standard InChI is InChI=1S/C35H43Br3N2O5/c1-39(24-28-7-13-31(36)14-8-28,25-29-9-15-32(37)16-10-29)22-23-43-35(42)45-27-44-34(41)6-5-21-40(19-3-2-4-20-40)26-30-11-17-33(38)18-12-30/h7-18H,2-6,19-27H2,1H3/q+2. The first kappa shape index (κ1) is 35.6. The zero-order valence-corrected chi connectivity index (χ0v) is 30.7. The van der Waals surface area contributed by atoms with Crippen LogP contribution in [-0.2, 0) is 38.6 Å². The quantitative estimate of drug-likeness (QED) is 0.0874. The average Bonchev–Trinajstić information content (AvgIpc) is 3.01. The summed E-state index contributed by atoms with van der Waals surface area (Å²) in [7, 11) is 2.15. The summed E-state index contributed by atoms with van der Waals surface area (Å²) in [4.78, 5) is 24.7. The van der Waals surface area contributed by atoms with E-state index in [2.05, 4.69) is 103 Å². The number of quaternary nitrogens is 2. The number of hydrogen-bond donors (Lipinski definition) is 0. The first-order valence-corrected chi connectivity index (χ1v) is 17.9. The number of benzene rings is 3. The molecule has 0 amide bonds. The Morgan fingerprint density at radius 3 is 1.76 bits per heavy atom. The highest BCUT2D eigenvalue weighted by atomic mass is 79.9. The van der Waals surface area contributed by atoms with Gasteiger partial charge in [-0.2, -0.15) is 0 Å². The van der Waals surface area contributed by atoms with Crippen molar-refractivity contribution in [3.63, 3.8) is 0 Å². The van der Waals surface area contributed by atoms with Crippen molar-refractivity contribution in [2.45, 2.75) is 51.7 Å². The zero-order valence-electron chi connectivity index (χ0n) is 25.9. The number of rotatable bonds is 15. The number of ether oxygens (including phenoxy) is 3. The summed E-state index contributed by atoms with van der Waals surface area (Å²) in [6, 6.07) is 25.1. The summed E-state index contributed by atoms with van der Waals surface area (Å²) < 4.78 is 20.4. The molecule has 1 aliphatic rings. The Morgan fingerprint density at radius 2 is 1.22 bits per heavy atom. The third kappa shape index (κ3) is 12.5. The average molecular weight is 811 g/mol. The molecule has 0 saturated carbocycles. The van der Waals surface area contributed by atoms with Crippen molar-refractivity contribution in [3.05, 3.63) is 103 Å². The van der Waals surface area contributed by atoms with E-state index in [4.69, 9.17) is 14.2 Å². The molecule has 0 radical (unpaired) electrons. The topological polar surface area (TPSA) is 61.8 Å². The smallest absolute Gasteiger partial charge is 0.428 e. The van der Waals surface area contributed by atoms with Gasteiger partial charge in [-0.1, -0.05) is 84.2 Å². The van der Waals surface area contributed by atoms with Gasteiger partial charge >= 0.3 is 12.1 Å². The number of carbonyl (C=O) groups excluding carboxylic acids is 2. The van der Waals surface area contributed by atoms with Crippen LogP contribution in [0.2, 0.25) is 0 Å². The summed E-state index contributed by atoms with van der Waals surface area (Å²) >= 11 is 10.5. The minimum Gasteiger partial charge on any atom is -0.428 e. The fraction of sp³-hybridized carbons (Fsp3) is 0.429. The maximum absolute atomic E-state index is 12.4. The van der Waals surface area contributed by atoms with Crippen molar-refractivity contribution in [2.75, 3.05) is 46.6 Å². The van der Waals surface area contributed by atoms with Crippen molar-refractivity contribution in [2.24, 2.45) is 0 Å². The van der Waals surface area contributed by atoms with Crippen molar-refractivity contribution < 1.29 is 32.8 Å². The number of esters is 1. The number of piperidine rings is 1. The summed E-state index contributed by atoms with van der Waals surface area (Å²) in [5.74, 6) is -0.366. The third-order valence-corrected chi connectivity index (χ3v) is 10.00. The van der Waals surface area contributed by atoms with Crippen LogP contribution in [0.5, 0.6) is 0 Å². The van der Waals surface area contributed by atoms with Gasteiger partial charge in [-0.15, -0.1) is 0 Å². The van der Waals surface area contributed by atoms with Crippen molar-refractivity contribution in [3.8, 4) is 0 Å². The molecular weight excluding hydrogens is 768 g/mol. The maximum atomic E-state index is 12.4. The minimum atomic E-state index is -0.839. The summed E-state index contributed by atoms with van der Waals surface area (Å²) in [5, 5.41) is 0. The molecular formula is C35H43Br3N2O5+2. The fourth-order valence-electron chi connectivity index (χ4n) is 6.06. The van der Waals surface area contributed by atoms with Gasteiger partial charge in [0.2, 0.25) is 6.79 Å². The van der Waals surface area contributed by atoms with Crippen LogP contribution in [0.3, 0.4) is 0 Å². The van der Waals surface area contributed by atoms with Crippen LogP contribution in [0.15, 0.2) is 86.2 Å². The van der Waals surface area contributed by atoms with E-state index in [-0.39, 0.29) is 12.6 Å². The Balaban J connectivity index is 1.18. The molecule has 0 bridgehead atoms. The van der Waals surface area contributed by atoms with Gasteiger partial charge in [0.15, 0.2) is 0 Å². The summed E-state index contributed by atoms with van der Waals surface area (Å²) in [5.41, 5.74) is 3.69. The number of hydrogen-bond acceptors (Lipinski definition) is 5. The van der Waals surface area contributed by atoms with Gasteiger partial charge in [0.1, 0.15) is 32.8 Å². The second-order valence-corrected chi connectivity index (χ2v) is 15.0. The van der Waals surface area contributed by atoms with Crippen LogP contribution in [0.25, 0.3) is 0 Å². The lowest BCUT2D eigenvalue weighted by atomic mass is 10.0. The largest absolute Gasteiger partial charge is 0.511 e. The van der Waals surface area contributed by atoms with Gasteiger partial charge in [0, 0.05) is 36.5 Å². The molecule has 0 unspecified atom stereocenters. The highest BCUT2D eigenvalue weighted by Gasteiger charge is 2.30. The third-order valence-electron chi connectivity index (χ3n) is 8.41. The highest BCUT2D eigenvalue weighted by molar-refractivity contribution is 9.11. The number of likely N-dealkylation sites (N-methyl/N-ethyl adjacent to an activating group) is 1. The fourth-order valence-corrected chi connectivity index (χ4v) is 6.85. The molecule has 1 heterocycles. The van der Waals surface area contributed by atoms with Crippen LogP contribution in [0.4, 0.5) is 4.79 Å². The number of nitrogens with zero attached hydrogens (tertiary/aromatic N) is 2.